The van der Waals surface area contributed by atoms with E-state index in [4.69, 9.17) is 10.2 Å². The van der Waals surface area contributed by atoms with Crippen molar-refractivity contribution in [3.63, 3.8) is 0 Å². The number of aliphatic hydroxyl groups excluding tert-OH is 2. The Morgan fingerprint density at radius 3 is 2.12 bits per heavy atom. The molecule has 0 saturated carbocycles. The normalized spacial score (nSPS) is 12.5. The molecule has 3 N–H and O–H groups in total. The summed E-state index contributed by atoms with van der Waals surface area (Å²) in [6, 6.07) is 0. The number of hydrogen-bond acceptors (Lipinski definition) is 4. The molecule has 1 unspecified atom stereocenters. The van der Waals surface area contributed by atoms with Crippen molar-refractivity contribution in [2.45, 2.75) is 58.3 Å². The van der Waals surface area contributed by atoms with Crippen LogP contribution in [0.5, 0.6) is 0 Å². The highest BCUT2D eigenvalue weighted by Gasteiger charge is 2.22. The van der Waals surface area contributed by atoms with Crippen molar-refractivity contribution >= 4 is 11.9 Å². The molecule has 1 atom stereocenters. The Bertz CT molecular complexity index is 362. The van der Waals surface area contributed by atoms with Crippen LogP contribution in [0.3, 0.4) is 0 Å². The van der Waals surface area contributed by atoms with Crippen LogP contribution in [0.2, 0.25) is 0 Å². The van der Waals surface area contributed by atoms with Crippen molar-refractivity contribution < 1.29 is 24.9 Å². The van der Waals surface area contributed by atoms with Gasteiger partial charge >= 0.3 is 5.97 Å². The standard InChI is InChI=1S/C18H33NO5/c1-2-3-4-5-6-7-10-16(18(23)24)15-17(22)19(11-8-13-20)12-9-14-21/h7,10,16,20-21H,2-6,8-9,11-15H2,1H3,(H,23,24). The molecule has 0 aliphatic heterocycles. The molecule has 0 aromatic heterocycles. The summed E-state index contributed by atoms with van der Waals surface area (Å²) >= 11 is 0. The Kier molecular flexibility index (Phi) is 14.3. The lowest BCUT2D eigenvalue weighted by atomic mass is 10.0. The minimum atomic E-state index is -1.00. The maximum Gasteiger partial charge on any atom is 0.310 e. The number of carbonyl (C=O) groups excluding carboxylic acids is 1. The number of carbonyl (C=O) groups is 2. The zero-order chi connectivity index (χ0) is 18.2. The molecule has 0 aromatic rings. The molecular weight excluding hydrogens is 310 g/mol. The maximum atomic E-state index is 12.3. The minimum absolute atomic E-state index is 0.0249. The van der Waals surface area contributed by atoms with Crippen LogP contribution in [0.1, 0.15) is 58.3 Å². The van der Waals surface area contributed by atoms with Gasteiger partial charge in [-0.25, -0.2) is 0 Å². The highest BCUT2D eigenvalue weighted by molar-refractivity contribution is 5.83. The first-order chi connectivity index (χ1) is 11.6. The molecule has 140 valence electrons. The van der Waals surface area contributed by atoms with Crippen LogP contribution in [0.25, 0.3) is 0 Å². The quantitative estimate of drug-likeness (QED) is 0.313. The number of hydrogen-bond donors (Lipinski definition) is 3. The number of carboxylic acid groups (broad SMARTS) is 1. The third kappa shape index (κ3) is 11.2. The van der Waals surface area contributed by atoms with Gasteiger partial charge in [0.15, 0.2) is 0 Å². The topological polar surface area (TPSA) is 98.1 Å². The smallest absolute Gasteiger partial charge is 0.310 e. The maximum absolute atomic E-state index is 12.3. The van der Waals surface area contributed by atoms with E-state index in [9.17, 15) is 14.7 Å². The summed E-state index contributed by atoms with van der Waals surface area (Å²) in [5, 5.41) is 27.1. The van der Waals surface area contributed by atoms with Crippen molar-refractivity contribution in [1.29, 1.82) is 0 Å². The van der Waals surface area contributed by atoms with Gasteiger partial charge in [-0.15, -0.1) is 0 Å². The molecular formula is C18H33NO5. The third-order valence-corrected chi connectivity index (χ3v) is 3.83. The molecule has 0 saturated heterocycles. The first-order valence-corrected chi connectivity index (χ1v) is 8.95. The van der Waals surface area contributed by atoms with E-state index in [1.807, 2.05) is 6.08 Å². The van der Waals surface area contributed by atoms with Crippen LogP contribution in [0, 0.1) is 5.92 Å². The van der Waals surface area contributed by atoms with Gasteiger partial charge in [0.1, 0.15) is 0 Å². The van der Waals surface area contributed by atoms with Crippen LogP contribution in [-0.4, -0.2) is 58.4 Å². The fourth-order valence-corrected chi connectivity index (χ4v) is 2.39. The summed E-state index contributed by atoms with van der Waals surface area (Å²) in [6.45, 7) is 2.85. The molecule has 0 spiro atoms. The van der Waals surface area contributed by atoms with Gasteiger partial charge in [-0.05, 0) is 25.7 Å². The largest absolute Gasteiger partial charge is 0.481 e. The fourth-order valence-electron chi connectivity index (χ4n) is 2.39. The Labute approximate surface area is 145 Å². The van der Waals surface area contributed by atoms with E-state index in [2.05, 4.69) is 6.92 Å². The molecule has 0 aromatic carbocycles. The SMILES string of the molecule is CCCCCCC=CC(CC(=O)N(CCCO)CCCO)C(=O)O. The van der Waals surface area contributed by atoms with E-state index in [-0.39, 0.29) is 25.5 Å². The van der Waals surface area contributed by atoms with Gasteiger partial charge in [-0.3, -0.25) is 9.59 Å². The Morgan fingerprint density at radius 1 is 1.00 bits per heavy atom. The van der Waals surface area contributed by atoms with Gasteiger partial charge in [0.25, 0.3) is 0 Å². The van der Waals surface area contributed by atoms with E-state index < -0.39 is 11.9 Å². The molecule has 0 aliphatic rings. The predicted octanol–water partition coefficient (Wildman–Crippen LogP) is 2.20. The van der Waals surface area contributed by atoms with Gasteiger partial charge in [-0.2, -0.15) is 0 Å². The van der Waals surface area contributed by atoms with Gasteiger partial charge < -0.3 is 20.2 Å². The Hall–Kier alpha value is -1.40. The number of aliphatic carboxylic acids is 1. The fraction of sp³-hybridized carbons (Fsp3) is 0.778. The van der Waals surface area contributed by atoms with Crippen molar-refractivity contribution in [2.75, 3.05) is 26.3 Å². The van der Waals surface area contributed by atoms with Crippen molar-refractivity contribution in [1.82, 2.24) is 4.90 Å². The molecule has 24 heavy (non-hydrogen) atoms. The van der Waals surface area contributed by atoms with Crippen molar-refractivity contribution in [3.05, 3.63) is 12.2 Å². The van der Waals surface area contributed by atoms with E-state index >= 15 is 0 Å². The van der Waals surface area contributed by atoms with Gasteiger partial charge in [0.05, 0.1) is 5.92 Å². The Morgan fingerprint density at radius 2 is 1.62 bits per heavy atom. The molecule has 0 aliphatic carbocycles. The molecule has 0 rings (SSSR count). The second kappa shape index (κ2) is 15.1. The summed E-state index contributed by atoms with van der Waals surface area (Å²) < 4.78 is 0. The first kappa shape index (κ1) is 22.6. The van der Waals surface area contributed by atoms with Crippen molar-refractivity contribution in [3.8, 4) is 0 Å². The van der Waals surface area contributed by atoms with Gasteiger partial charge in [0, 0.05) is 32.7 Å². The van der Waals surface area contributed by atoms with E-state index in [0.29, 0.717) is 25.9 Å². The van der Waals surface area contributed by atoms with Crippen LogP contribution in [0.15, 0.2) is 12.2 Å². The summed E-state index contributed by atoms with van der Waals surface area (Å²) in [5.41, 5.74) is 0. The highest BCUT2D eigenvalue weighted by atomic mass is 16.4. The summed E-state index contributed by atoms with van der Waals surface area (Å²) in [5.74, 6) is -2.08. The number of unbranched alkanes of at least 4 members (excludes halogenated alkanes) is 4. The number of amides is 1. The van der Waals surface area contributed by atoms with Gasteiger partial charge in [0.2, 0.25) is 5.91 Å². The molecule has 0 fully saturated rings. The number of allylic oxidation sites excluding steroid dienone is 1. The van der Waals surface area contributed by atoms with E-state index in [1.54, 1.807) is 6.08 Å². The summed E-state index contributed by atoms with van der Waals surface area (Å²) in [6.07, 6.45) is 9.61. The highest BCUT2D eigenvalue weighted by Crippen LogP contribution is 2.12. The Balaban J connectivity index is 4.50. The lowest BCUT2D eigenvalue weighted by molar-refractivity contribution is -0.144. The molecule has 6 heteroatoms. The minimum Gasteiger partial charge on any atom is -0.481 e. The first-order valence-electron chi connectivity index (χ1n) is 8.95. The number of aliphatic hydroxyl groups is 2. The zero-order valence-corrected chi connectivity index (χ0v) is 14.8. The van der Waals surface area contributed by atoms with E-state index in [0.717, 1.165) is 25.7 Å². The summed E-state index contributed by atoms with van der Waals surface area (Å²) in [4.78, 5) is 25.2. The molecule has 1 amide bonds. The van der Waals surface area contributed by atoms with Crippen LogP contribution in [-0.2, 0) is 9.59 Å². The van der Waals surface area contributed by atoms with Crippen LogP contribution >= 0.6 is 0 Å². The number of rotatable bonds is 15. The number of carboxylic acids is 1. The second-order valence-electron chi connectivity index (χ2n) is 5.96. The third-order valence-electron chi connectivity index (χ3n) is 3.83. The average molecular weight is 343 g/mol. The van der Waals surface area contributed by atoms with Gasteiger partial charge in [-0.1, -0.05) is 38.3 Å². The van der Waals surface area contributed by atoms with Crippen molar-refractivity contribution in [2.24, 2.45) is 5.92 Å². The average Bonchev–Trinajstić information content (AvgIpc) is 2.56. The lowest BCUT2D eigenvalue weighted by Crippen LogP contribution is -2.35. The lowest BCUT2D eigenvalue weighted by Gasteiger charge is -2.23. The molecule has 0 radical (unpaired) electrons. The monoisotopic (exact) mass is 343 g/mol. The second-order valence-corrected chi connectivity index (χ2v) is 5.96. The summed E-state index contributed by atoms with van der Waals surface area (Å²) in [7, 11) is 0. The molecule has 6 nitrogen and oxygen atoms in total. The van der Waals surface area contributed by atoms with Crippen LogP contribution < -0.4 is 0 Å². The molecule has 0 heterocycles. The zero-order valence-electron chi connectivity index (χ0n) is 14.8. The van der Waals surface area contributed by atoms with E-state index in [1.165, 1.54) is 11.3 Å². The number of nitrogens with zero attached hydrogens (tertiary/aromatic N) is 1. The predicted molar refractivity (Wildman–Crippen MR) is 93.6 cm³/mol. The van der Waals surface area contributed by atoms with Crippen LogP contribution in [0.4, 0.5) is 0 Å². The molecule has 0 bridgehead atoms.